The van der Waals surface area contributed by atoms with Gasteiger partial charge in [0.05, 0.1) is 16.8 Å². The van der Waals surface area contributed by atoms with Crippen LogP contribution < -0.4 is 0 Å². The highest BCUT2D eigenvalue weighted by Crippen LogP contribution is 2.50. The Labute approximate surface area is 123 Å². The van der Waals surface area contributed by atoms with Gasteiger partial charge in [-0.15, -0.1) is 0 Å². The van der Waals surface area contributed by atoms with Crippen molar-refractivity contribution >= 4 is 0 Å². The van der Waals surface area contributed by atoms with Gasteiger partial charge < -0.3 is 9.84 Å². The summed E-state index contributed by atoms with van der Waals surface area (Å²) in [7, 11) is 0. The topological polar surface area (TPSA) is 29.5 Å². The van der Waals surface area contributed by atoms with Crippen molar-refractivity contribution in [3.05, 3.63) is 35.4 Å². The van der Waals surface area contributed by atoms with Gasteiger partial charge in [0.15, 0.2) is 0 Å². The molecule has 0 bridgehead atoms. The van der Waals surface area contributed by atoms with Crippen molar-refractivity contribution in [3.8, 4) is 0 Å². The minimum absolute atomic E-state index is 0.0810. The second kappa shape index (κ2) is 4.85. The molecule has 0 aliphatic carbocycles. The second-order valence-corrected chi connectivity index (χ2v) is 7.42. The average Bonchev–Trinajstić information content (AvgIpc) is 2.58. The minimum Gasteiger partial charge on any atom is -0.385 e. The van der Waals surface area contributed by atoms with Gasteiger partial charge in [-0.1, -0.05) is 31.2 Å². The lowest BCUT2D eigenvalue weighted by Gasteiger charge is -2.38. The Morgan fingerprint density at radius 1 is 1.20 bits per heavy atom. The van der Waals surface area contributed by atoms with E-state index in [1.165, 1.54) is 5.56 Å². The Bertz CT molecular complexity index is 469. The molecule has 2 heteroatoms. The molecule has 1 N–H and O–H groups in total. The van der Waals surface area contributed by atoms with Crippen LogP contribution in [0.25, 0.3) is 0 Å². The molecule has 0 amide bonds. The zero-order chi connectivity index (χ0) is 15.2. The molecule has 2 atom stereocenters. The first kappa shape index (κ1) is 15.5. The number of aryl methyl sites for hydroxylation is 1. The largest absolute Gasteiger partial charge is 0.385 e. The third kappa shape index (κ3) is 2.77. The van der Waals surface area contributed by atoms with Gasteiger partial charge in [-0.3, -0.25) is 0 Å². The first-order valence-corrected chi connectivity index (χ1v) is 7.60. The maximum Gasteiger partial charge on any atom is 0.0924 e. The van der Waals surface area contributed by atoms with Gasteiger partial charge in [-0.2, -0.15) is 0 Å². The number of rotatable bonds is 3. The lowest BCUT2D eigenvalue weighted by atomic mass is 9.72. The van der Waals surface area contributed by atoms with Crippen LogP contribution in [0.15, 0.2) is 24.3 Å². The fourth-order valence-corrected chi connectivity index (χ4v) is 3.72. The van der Waals surface area contributed by atoms with Crippen LogP contribution in [-0.2, 0) is 16.8 Å². The monoisotopic (exact) mass is 276 g/mol. The van der Waals surface area contributed by atoms with E-state index >= 15 is 0 Å². The van der Waals surface area contributed by atoms with Gasteiger partial charge in [0.25, 0.3) is 0 Å². The molecule has 0 saturated carbocycles. The third-order valence-corrected chi connectivity index (χ3v) is 4.70. The van der Waals surface area contributed by atoms with Gasteiger partial charge in [-0.05, 0) is 58.6 Å². The van der Waals surface area contributed by atoms with Crippen molar-refractivity contribution in [3.63, 3.8) is 0 Å². The summed E-state index contributed by atoms with van der Waals surface area (Å²) in [4.78, 5) is 0. The van der Waals surface area contributed by atoms with Gasteiger partial charge in [0.2, 0.25) is 0 Å². The molecule has 1 heterocycles. The quantitative estimate of drug-likeness (QED) is 0.902. The molecular formula is C18H28O2. The highest BCUT2D eigenvalue weighted by atomic mass is 16.5. The van der Waals surface area contributed by atoms with Crippen LogP contribution in [0.4, 0.5) is 0 Å². The van der Waals surface area contributed by atoms with Crippen molar-refractivity contribution in [1.29, 1.82) is 0 Å². The molecule has 112 valence electrons. The van der Waals surface area contributed by atoms with Gasteiger partial charge >= 0.3 is 0 Å². The molecule has 1 aromatic carbocycles. The first-order valence-electron chi connectivity index (χ1n) is 7.60. The van der Waals surface area contributed by atoms with Crippen molar-refractivity contribution < 1.29 is 9.84 Å². The van der Waals surface area contributed by atoms with Crippen LogP contribution >= 0.6 is 0 Å². The van der Waals surface area contributed by atoms with Crippen molar-refractivity contribution in [2.45, 2.75) is 71.2 Å². The fourth-order valence-electron chi connectivity index (χ4n) is 3.72. The van der Waals surface area contributed by atoms with E-state index in [0.29, 0.717) is 0 Å². The van der Waals surface area contributed by atoms with Gasteiger partial charge in [0, 0.05) is 5.92 Å². The molecule has 1 aliphatic heterocycles. The predicted octanol–water partition coefficient (Wildman–Crippen LogP) is 4.05. The molecule has 1 fully saturated rings. The van der Waals surface area contributed by atoms with Crippen molar-refractivity contribution in [2.24, 2.45) is 5.92 Å². The lowest BCUT2D eigenvalue weighted by molar-refractivity contribution is -0.110. The third-order valence-electron chi connectivity index (χ3n) is 4.70. The average molecular weight is 276 g/mol. The highest BCUT2D eigenvalue weighted by molar-refractivity contribution is 5.28. The summed E-state index contributed by atoms with van der Waals surface area (Å²) in [5.41, 5.74) is 0.905. The van der Waals surface area contributed by atoms with E-state index in [4.69, 9.17) is 4.74 Å². The van der Waals surface area contributed by atoms with E-state index in [9.17, 15) is 5.11 Å². The highest BCUT2D eigenvalue weighted by Gasteiger charge is 2.53. The Kier molecular flexibility index (Phi) is 3.77. The smallest absolute Gasteiger partial charge is 0.0924 e. The molecule has 2 rings (SSSR count). The second-order valence-electron chi connectivity index (χ2n) is 7.42. The molecule has 20 heavy (non-hydrogen) atoms. The molecule has 1 saturated heterocycles. The zero-order valence-corrected chi connectivity index (χ0v) is 13.7. The van der Waals surface area contributed by atoms with Crippen LogP contribution in [0.1, 0.15) is 59.1 Å². The summed E-state index contributed by atoms with van der Waals surface area (Å²) in [6, 6.07) is 8.33. The van der Waals surface area contributed by atoms with Crippen molar-refractivity contribution in [2.75, 3.05) is 0 Å². The first-order chi connectivity index (χ1) is 9.08. The number of ether oxygens (including phenoxy) is 1. The van der Waals surface area contributed by atoms with E-state index in [0.717, 1.165) is 18.4 Å². The van der Waals surface area contributed by atoms with Gasteiger partial charge in [-0.25, -0.2) is 0 Å². The maximum absolute atomic E-state index is 11.1. The molecular weight excluding hydrogens is 248 g/mol. The molecule has 2 unspecified atom stereocenters. The van der Waals surface area contributed by atoms with Crippen molar-refractivity contribution in [1.82, 2.24) is 0 Å². The summed E-state index contributed by atoms with van der Waals surface area (Å²) in [6.07, 6.45) is 1.88. The van der Waals surface area contributed by atoms with E-state index in [1.807, 2.05) is 6.92 Å². The van der Waals surface area contributed by atoms with E-state index in [-0.39, 0.29) is 17.1 Å². The normalized spacial score (nSPS) is 27.2. The Balaban J connectivity index is 2.33. The van der Waals surface area contributed by atoms with E-state index < -0.39 is 5.60 Å². The molecule has 0 aromatic heterocycles. The zero-order valence-electron chi connectivity index (χ0n) is 13.7. The lowest BCUT2D eigenvalue weighted by Crippen LogP contribution is -2.42. The van der Waals surface area contributed by atoms with Crippen LogP contribution in [0.3, 0.4) is 0 Å². The summed E-state index contributed by atoms with van der Waals surface area (Å²) in [5, 5.41) is 11.1. The van der Waals surface area contributed by atoms with E-state index in [1.54, 1.807) is 0 Å². The standard InChI is InChI=1S/C18H28O2/c1-7-13-8-10-14(11-9-13)18(6,19)15-12-16(2,3)20-17(15,4)5/h8-11,15,19H,7,12H2,1-6H3. The van der Waals surface area contributed by atoms with Crippen LogP contribution in [0, 0.1) is 5.92 Å². The number of hydrogen-bond acceptors (Lipinski definition) is 2. The Morgan fingerprint density at radius 3 is 2.15 bits per heavy atom. The summed E-state index contributed by atoms with van der Waals surface area (Å²) >= 11 is 0. The Hall–Kier alpha value is -0.860. The summed E-state index contributed by atoms with van der Waals surface area (Å²) in [6.45, 7) is 12.4. The molecule has 2 nitrogen and oxygen atoms in total. The number of benzene rings is 1. The van der Waals surface area contributed by atoms with Gasteiger partial charge in [0.1, 0.15) is 0 Å². The summed E-state index contributed by atoms with van der Waals surface area (Å²) < 4.78 is 6.14. The summed E-state index contributed by atoms with van der Waals surface area (Å²) in [5.74, 6) is 0.0810. The van der Waals surface area contributed by atoms with Crippen LogP contribution in [0.5, 0.6) is 0 Å². The Morgan fingerprint density at radius 2 is 1.75 bits per heavy atom. The molecule has 1 aliphatic rings. The minimum atomic E-state index is -0.871. The molecule has 1 aromatic rings. The number of hydrogen-bond donors (Lipinski definition) is 1. The number of aliphatic hydroxyl groups is 1. The SMILES string of the molecule is CCc1ccc(C(C)(O)C2CC(C)(C)OC2(C)C)cc1. The molecule has 0 radical (unpaired) electrons. The van der Waals surface area contributed by atoms with Crippen LogP contribution in [-0.4, -0.2) is 16.3 Å². The van der Waals surface area contributed by atoms with Crippen LogP contribution in [0.2, 0.25) is 0 Å². The van der Waals surface area contributed by atoms with E-state index in [2.05, 4.69) is 58.9 Å². The molecule has 0 spiro atoms. The fraction of sp³-hybridized carbons (Fsp3) is 0.667. The maximum atomic E-state index is 11.1. The predicted molar refractivity (Wildman–Crippen MR) is 82.7 cm³/mol.